The van der Waals surface area contributed by atoms with Crippen molar-refractivity contribution in [3.05, 3.63) is 23.8 Å². The van der Waals surface area contributed by atoms with Crippen molar-refractivity contribution >= 4 is 35.1 Å². The number of carboxylic acids is 1. The average Bonchev–Trinajstić information content (AvgIpc) is 3.13. The molecule has 1 aliphatic carbocycles. The molecule has 122 valence electrons. The lowest BCUT2D eigenvalue weighted by Crippen LogP contribution is -2.45. The molecule has 0 bridgehead atoms. The van der Waals surface area contributed by atoms with Gasteiger partial charge in [-0.2, -0.15) is 0 Å². The molecule has 1 amide bonds. The third kappa shape index (κ3) is 2.87. The van der Waals surface area contributed by atoms with Crippen LogP contribution in [0.3, 0.4) is 0 Å². The van der Waals surface area contributed by atoms with Crippen LogP contribution < -0.4 is 4.90 Å². The Morgan fingerprint density at radius 2 is 2.04 bits per heavy atom. The molecular formula is C17H19NO4S. The number of nitrogens with zero attached hydrogens (tertiary/aromatic N) is 1. The van der Waals surface area contributed by atoms with Gasteiger partial charge >= 0.3 is 5.97 Å². The van der Waals surface area contributed by atoms with Crippen LogP contribution in [0.5, 0.6) is 0 Å². The first-order chi connectivity index (χ1) is 11.0. The lowest BCUT2D eigenvalue weighted by molar-refractivity contribution is -0.140. The third-order valence-corrected chi connectivity index (χ3v) is 5.48. The van der Waals surface area contributed by atoms with Crippen LogP contribution >= 0.6 is 11.8 Å². The van der Waals surface area contributed by atoms with Crippen LogP contribution in [0, 0.1) is 5.92 Å². The second-order valence-electron chi connectivity index (χ2n) is 6.13. The molecule has 1 aliphatic heterocycles. The van der Waals surface area contributed by atoms with E-state index in [0.29, 0.717) is 23.6 Å². The molecule has 23 heavy (non-hydrogen) atoms. The van der Waals surface area contributed by atoms with E-state index in [-0.39, 0.29) is 0 Å². The first-order valence-electron chi connectivity index (χ1n) is 7.81. The van der Waals surface area contributed by atoms with Gasteiger partial charge in [-0.15, -0.1) is 11.8 Å². The number of anilines is 1. The fourth-order valence-corrected chi connectivity index (χ4v) is 3.99. The number of thioether (sulfide) groups is 1. The number of hydrogen-bond donors (Lipinski definition) is 1. The summed E-state index contributed by atoms with van der Waals surface area (Å²) in [6.07, 6.45) is 6.53. The summed E-state index contributed by atoms with van der Waals surface area (Å²) in [5.74, 6) is -2.05. The maximum Gasteiger partial charge on any atom is 0.326 e. The zero-order valence-electron chi connectivity index (χ0n) is 12.9. The molecule has 6 heteroatoms. The number of carboxylic acid groups (broad SMARTS) is 1. The van der Waals surface area contributed by atoms with E-state index in [1.165, 1.54) is 16.7 Å². The predicted octanol–water partition coefficient (Wildman–Crippen LogP) is 2.97. The quantitative estimate of drug-likeness (QED) is 0.662. The summed E-state index contributed by atoms with van der Waals surface area (Å²) >= 11 is 1.50. The van der Waals surface area contributed by atoms with Gasteiger partial charge in [-0.1, -0.05) is 25.7 Å². The number of ketones is 1. The summed E-state index contributed by atoms with van der Waals surface area (Å²) in [7, 11) is 0. The summed E-state index contributed by atoms with van der Waals surface area (Å²) in [6.45, 7) is 0. The Morgan fingerprint density at radius 1 is 1.35 bits per heavy atom. The fraction of sp³-hybridized carbons (Fsp3) is 0.471. The smallest absolute Gasteiger partial charge is 0.326 e. The van der Waals surface area contributed by atoms with Gasteiger partial charge in [-0.3, -0.25) is 14.5 Å². The minimum atomic E-state index is -1.04. The number of hydrogen-bond acceptors (Lipinski definition) is 4. The Kier molecular flexibility index (Phi) is 4.43. The van der Waals surface area contributed by atoms with E-state index in [9.17, 15) is 19.5 Å². The normalized spacial score (nSPS) is 19.3. The van der Waals surface area contributed by atoms with Crippen LogP contribution in [0.15, 0.2) is 23.1 Å². The predicted molar refractivity (Wildman–Crippen MR) is 88.0 cm³/mol. The second kappa shape index (κ2) is 6.35. The number of benzene rings is 1. The molecule has 1 saturated carbocycles. The van der Waals surface area contributed by atoms with E-state index < -0.39 is 23.7 Å². The fourth-order valence-electron chi connectivity index (χ4n) is 3.55. The van der Waals surface area contributed by atoms with Gasteiger partial charge in [-0.25, -0.2) is 4.79 Å². The van der Waals surface area contributed by atoms with Crippen LogP contribution in [0.25, 0.3) is 0 Å². The van der Waals surface area contributed by atoms with Gasteiger partial charge in [0.1, 0.15) is 6.04 Å². The SMILES string of the molecule is CSc1ccc2c(c1)N(C(CC1CCCC1)C(=O)O)C(=O)C2=O. The van der Waals surface area contributed by atoms with E-state index in [2.05, 4.69) is 0 Å². The highest BCUT2D eigenvalue weighted by Gasteiger charge is 2.43. The summed E-state index contributed by atoms with van der Waals surface area (Å²) < 4.78 is 0. The van der Waals surface area contributed by atoms with Crippen molar-refractivity contribution in [2.45, 2.75) is 43.0 Å². The lowest BCUT2D eigenvalue weighted by Gasteiger charge is -2.27. The van der Waals surface area contributed by atoms with Gasteiger partial charge in [0.05, 0.1) is 11.3 Å². The van der Waals surface area contributed by atoms with Crippen molar-refractivity contribution in [3.8, 4) is 0 Å². The van der Waals surface area contributed by atoms with E-state index in [4.69, 9.17) is 0 Å². The third-order valence-electron chi connectivity index (χ3n) is 4.75. The average molecular weight is 333 g/mol. The lowest BCUT2D eigenvalue weighted by atomic mass is 9.97. The highest BCUT2D eigenvalue weighted by Crippen LogP contribution is 2.37. The van der Waals surface area contributed by atoms with Crippen molar-refractivity contribution in [2.75, 3.05) is 11.2 Å². The summed E-state index contributed by atoms with van der Waals surface area (Å²) in [4.78, 5) is 38.5. The Hall–Kier alpha value is -1.82. The zero-order chi connectivity index (χ0) is 16.6. The molecule has 1 fully saturated rings. The number of carbonyl (C=O) groups excluding carboxylic acids is 2. The molecule has 2 aliphatic rings. The van der Waals surface area contributed by atoms with Crippen LogP contribution in [0.1, 0.15) is 42.5 Å². The second-order valence-corrected chi connectivity index (χ2v) is 7.01. The molecule has 1 N–H and O–H groups in total. The van der Waals surface area contributed by atoms with Crippen LogP contribution in [-0.2, 0) is 9.59 Å². The van der Waals surface area contributed by atoms with Gasteiger partial charge < -0.3 is 5.11 Å². The number of Topliss-reactive ketones (excluding diaryl/α,β-unsaturated/α-hetero) is 1. The van der Waals surface area contributed by atoms with Gasteiger partial charge in [-0.05, 0) is 36.8 Å². The Balaban J connectivity index is 1.97. The first-order valence-corrected chi connectivity index (χ1v) is 9.04. The maximum absolute atomic E-state index is 12.4. The largest absolute Gasteiger partial charge is 0.480 e. The highest BCUT2D eigenvalue weighted by molar-refractivity contribution is 7.98. The molecule has 1 aromatic rings. The Bertz CT molecular complexity index is 667. The standard InChI is InChI=1S/C17H19NO4S/c1-23-11-6-7-12-13(9-11)18(16(20)15(12)19)14(17(21)22)8-10-4-2-3-5-10/h6-7,9-10,14H,2-5,8H2,1H3,(H,21,22). The molecule has 0 aromatic heterocycles. The van der Waals surface area contributed by atoms with E-state index in [0.717, 1.165) is 30.6 Å². The number of carbonyl (C=O) groups is 3. The molecule has 5 nitrogen and oxygen atoms in total. The topological polar surface area (TPSA) is 74.7 Å². The van der Waals surface area contributed by atoms with Gasteiger partial charge in [0.15, 0.2) is 0 Å². The summed E-state index contributed by atoms with van der Waals surface area (Å²) in [5.41, 5.74) is 0.753. The van der Waals surface area contributed by atoms with Crippen molar-refractivity contribution in [1.82, 2.24) is 0 Å². The molecule has 1 aromatic carbocycles. The van der Waals surface area contributed by atoms with Crippen molar-refractivity contribution < 1.29 is 19.5 Å². The van der Waals surface area contributed by atoms with Gasteiger partial charge in [0, 0.05) is 4.90 Å². The van der Waals surface area contributed by atoms with Gasteiger partial charge in [0.2, 0.25) is 0 Å². The summed E-state index contributed by atoms with van der Waals surface area (Å²) in [5, 5.41) is 9.64. The molecule has 0 saturated heterocycles. The number of amides is 1. The zero-order valence-corrected chi connectivity index (χ0v) is 13.8. The number of fused-ring (bicyclic) bond motifs is 1. The first kappa shape index (κ1) is 16.1. The minimum absolute atomic E-state index is 0.311. The van der Waals surface area contributed by atoms with Gasteiger partial charge in [0.25, 0.3) is 11.7 Å². The maximum atomic E-state index is 12.4. The van der Waals surface area contributed by atoms with Crippen molar-refractivity contribution in [2.24, 2.45) is 5.92 Å². The van der Waals surface area contributed by atoms with Crippen molar-refractivity contribution in [3.63, 3.8) is 0 Å². The number of rotatable bonds is 5. The summed E-state index contributed by atoms with van der Waals surface area (Å²) in [6, 6.07) is 4.18. The molecule has 1 unspecified atom stereocenters. The number of aliphatic carboxylic acids is 1. The van der Waals surface area contributed by atoms with Crippen LogP contribution in [-0.4, -0.2) is 35.1 Å². The molecular weight excluding hydrogens is 314 g/mol. The van der Waals surface area contributed by atoms with E-state index in [1.54, 1.807) is 18.2 Å². The van der Waals surface area contributed by atoms with Crippen molar-refractivity contribution in [1.29, 1.82) is 0 Å². The molecule has 0 spiro atoms. The van der Waals surface area contributed by atoms with E-state index >= 15 is 0 Å². The Morgan fingerprint density at radius 3 is 2.65 bits per heavy atom. The Labute approximate surface area is 139 Å². The molecule has 1 heterocycles. The van der Waals surface area contributed by atoms with Crippen LogP contribution in [0.4, 0.5) is 5.69 Å². The van der Waals surface area contributed by atoms with Crippen LogP contribution in [0.2, 0.25) is 0 Å². The minimum Gasteiger partial charge on any atom is -0.480 e. The highest BCUT2D eigenvalue weighted by atomic mass is 32.2. The van der Waals surface area contributed by atoms with E-state index in [1.807, 2.05) is 6.26 Å². The molecule has 0 radical (unpaired) electrons. The molecule has 1 atom stereocenters. The monoisotopic (exact) mass is 333 g/mol. The molecule has 3 rings (SSSR count).